The molecule has 1 fully saturated rings. The predicted octanol–water partition coefficient (Wildman–Crippen LogP) is 2.45. The number of morpholine rings is 1. The lowest BCUT2D eigenvalue weighted by molar-refractivity contribution is 0.122. The summed E-state index contributed by atoms with van der Waals surface area (Å²) >= 11 is 0. The van der Waals surface area contributed by atoms with Crippen LogP contribution in [0, 0.1) is 4.91 Å². The number of hydrogen-bond acceptors (Lipinski definition) is 7. The summed E-state index contributed by atoms with van der Waals surface area (Å²) in [5, 5.41) is 17.2. The van der Waals surface area contributed by atoms with Gasteiger partial charge in [-0.05, 0) is 36.6 Å². The van der Waals surface area contributed by atoms with Crippen LogP contribution < -0.4 is 4.90 Å². The molecule has 1 N–H and O–H groups in total. The molecule has 8 heteroatoms. The standard InChI is InChI=1S/C17H19N5O3/c23-14-3-1-2-12(8-14)15-11-22-16(9-13(20-22)10-18-24)17(19-15)21-4-6-25-7-5-21/h3,8-9,11,23H,1-2,4-7,10H2. The molecule has 0 unspecified atom stereocenters. The van der Waals surface area contributed by atoms with Gasteiger partial charge in [0, 0.05) is 13.1 Å². The number of allylic oxidation sites excluding steroid dienone is 3. The van der Waals surface area contributed by atoms with E-state index in [1.54, 1.807) is 16.7 Å². The van der Waals surface area contributed by atoms with Gasteiger partial charge in [-0.1, -0.05) is 5.18 Å². The van der Waals surface area contributed by atoms with Crippen LogP contribution in [-0.2, 0) is 11.3 Å². The summed E-state index contributed by atoms with van der Waals surface area (Å²) in [6, 6.07) is 1.86. The third-order valence-electron chi connectivity index (χ3n) is 4.44. The van der Waals surface area contributed by atoms with Gasteiger partial charge in [-0.2, -0.15) is 10.0 Å². The van der Waals surface area contributed by atoms with Crippen molar-refractivity contribution >= 4 is 16.9 Å². The van der Waals surface area contributed by atoms with Crippen molar-refractivity contribution in [3.05, 3.63) is 46.5 Å². The number of rotatable bonds is 4. The van der Waals surface area contributed by atoms with Crippen LogP contribution >= 0.6 is 0 Å². The summed E-state index contributed by atoms with van der Waals surface area (Å²) < 4.78 is 7.19. The van der Waals surface area contributed by atoms with Gasteiger partial charge >= 0.3 is 0 Å². The van der Waals surface area contributed by atoms with Gasteiger partial charge in [0.1, 0.15) is 17.8 Å². The minimum atomic E-state index is 0.0335. The highest BCUT2D eigenvalue weighted by Gasteiger charge is 2.20. The van der Waals surface area contributed by atoms with E-state index in [-0.39, 0.29) is 12.3 Å². The number of hydrogen-bond donors (Lipinski definition) is 1. The van der Waals surface area contributed by atoms with Crippen molar-refractivity contribution in [2.45, 2.75) is 19.4 Å². The zero-order chi connectivity index (χ0) is 17.2. The molecule has 0 amide bonds. The maximum Gasteiger partial charge on any atom is 0.155 e. The molecule has 0 spiro atoms. The largest absolute Gasteiger partial charge is 0.508 e. The summed E-state index contributed by atoms with van der Waals surface area (Å²) in [5.41, 5.74) is 3.22. The Morgan fingerprint density at radius 2 is 2.16 bits per heavy atom. The van der Waals surface area contributed by atoms with E-state index in [0.717, 1.165) is 48.5 Å². The van der Waals surface area contributed by atoms with Crippen molar-refractivity contribution < 1.29 is 9.84 Å². The molecule has 1 saturated heterocycles. The van der Waals surface area contributed by atoms with Crippen LogP contribution in [-0.4, -0.2) is 46.0 Å². The topological polar surface area (TPSA) is 92.3 Å². The molecular weight excluding hydrogens is 322 g/mol. The Bertz CT molecular complexity index is 865. The number of aliphatic hydroxyl groups is 1. The molecule has 25 heavy (non-hydrogen) atoms. The molecule has 3 heterocycles. The van der Waals surface area contributed by atoms with Crippen LogP contribution in [0.25, 0.3) is 11.1 Å². The Hall–Kier alpha value is -2.74. The third-order valence-corrected chi connectivity index (χ3v) is 4.44. The fourth-order valence-corrected chi connectivity index (χ4v) is 3.22. The number of aromatic nitrogens is 3. The lowest BCUT2D eigenvalue weighted by atomic mass is 10.0. The quantitative estimate of drug-likeness (QED) is 0.859. The number of fused-ring (bicyclic) bond motifs is 1. The molecule has 2 aromatic rings. The van der Waals surface area contributed by atoms with Gasteiger partial charge in [0.05, 0.1) is 30.8 Å². The molecule has 1 aliphatic carbocycles. The second kappa shape index (κ2) is 6.64. The van der Waals surface area contributed by atoms with Gasteiger partial charge in [-0.15, -0.1) is 0 Å². The van der Waals surface area contributed by atoms with E-state index in [0.29, 0.717) is 18.9 Å². The minimum Gasteiger partial charge on any atom is -0.508 e. The number of nitroso groups, excluding NO2 is 1. The van der Waals surface area contributed by atoms with Crippen LogP contribution in [0.2, 0.25) is 0 Å². The maximum atomic E-state index is 10.6. The van der Waals surface area contributed by atoms with Crippen molar-refractivity contribution in [2.75, 3.05) is 31.2 Å². The average molecular weight is 341 g/mol. The fraction of sp³-hybridized carbons (Fsp3) is 0.412. The normalized spacial score (nSPS) is 18.2. The van der Waals surface area contributed by atoms with E-state index in [2.05, 4.69) is 15.2 Å². The smallest absolute Gasteiger partial charge is 0.155 e. The summed E-state index contributed by atoms with van der Waals surface area (Å²) in [7, 11) is 0. The first-order valence-corrected chi connectivity index (χ1v) is 8.36. The van der Waals surface area contributed by atoms with E-state index in [9.17, 15) is 10.0 Å². The zero-order valence-corrected chi connectivity index (χ0v) is 13.8. The van der Waals surface area contributed by atoms with Gasteiger partial charge < -0.3 is 14.7 Å². The van der Waals surface area contributed by atoms with Crippen molar-refractivity contribution in [1.29, 1.82) is 0 Å². The van der Waals surface area contributed by atoms with Crippen LogP contribution in [0.5, 0.6) is 0 Å². The molecule has 0 bridgehead atoms. The van der Waals surface area contributed by atoms with Crippen molar-refractivity contribution in [3.8, 4) is 0 Å². The first-order valence-electron chi connectivity index (χ1n) is 8.36. The summed E-state index contributed by atoms with van der Waals surface area (Å²) in [6.45, 7) is 2.85. The molecule has 0 atom stereocenters. The molecule has 130 valence electrons. The van der Waals surface area contributed by atoms with E-state index in [4.69, 9.17) is 9.72 Å². The van der Waals surface area contributed by atoms with E-state index < -0.39 is 0 Å². The maximum absolute atomic E-state index is 10.6. The van der Waals surface area contributed by atoms with Gasteiger partial charge in [-0.3, -0.25) is 0 Å². The third kappa shape index (κ3) is 3.12. The lowest BCUT2D eigenvalue weighted by Gasteiger charge is -2.28. The number of ether oxygens (including phenoxy) is 1. The summed E-state index contributed by atoms with van der Waals surface area (Å²) in [5.74, 6) is 1.09. The molecule has 2 aromatic heterocycles. The Balaban J connectivity index is 1.84. The molecule has 4 rings (SSSR count). The second-order valence-electron chi connectivity index (χ2n) is 6.14. The van der Waals surface area contributed by atoms with Crippen LogP contribution in [0.4, 0.5) is 5.82 Å². The van der Waals surface area contributed by atoms with Crippen molar-refractivity contribution in [2.24, 2.45) is 5.18 Å². The summed E-state index contributed by atoms with van der Waals surface area (Å²) in [4.78, 5) is 17.6. The highest BCUT2D eigenvalue weighted by molar-refractivity contribution is 5.74. The monoisotopic (exact) mass is 341 g/mol. The van der Waals surface area contributed by atoms with Gasteiger partial charge in [-0.25, -0.2) is 9.50 Å². The lowest BCUT2D eigenvalue weighted by Crippen LogP contribution is -2.37. The molecule has 2 aliphatic rings. The number of nitrogens with zero attached hydrogens (tertiary/aromatic N) is 5. The van der Waals surface area contributed by atoms with Gasteiger partial charge in [0.2, 0.25) is 0 Å². The first-order chi connectivity index (χ1) is 12.2. The van der Waals surface area contributed by atoms with Crippen LogP contribution in [0.15, 0.2) is 35.4 Å². The molecule has 0 radical (unpaired) electrons. The fourth-order valence-electron chi connectivity index (χ4n) is 3.22. The van der Waals surface area contributed by atoms with Crippen LogP contribution in [0.1, 0.15) is 24.2 Å². The SMILES string of the molecule is O=NCc1cc2c(N3CCOCC3)nc(C3=CC(O)=CCC3)cn2n1. The number of aliphatic hydroxyl groups excluding tert-OH is 1. The van der Waals surface area contributed by atoms with Crippen molar-refractivity contribution in [3.63, 3.8) is 0 Å². The molecule has 1 aliphatic heterocycles. The Kier molecular flexibility index (Phi) is 4.19. The zero-order valence-electron chi connectivity index (χ0n) is 13.8. The van der Waals surface area contributed by atoms with Crippen LogP contribution in [0.3, 0.4) is 0 Å². The molecule has 8 nitrogen and oxygen atoms in total. The first kappa shape index (κ1) is 15.8. The average Bonchev–Trinajstić information content (AvgIpc) is 3.04. The highest BCUT2D eigenvalue weighted by atomic mass is 16.5. The molecular formula is C17H19N5O3. The van der Waals surface area contributed by atoms with Crippen molar-refractivity contribution in [1.82, 2.24) is 14.6 Å². The van der Waals surface area contributed by atoms with E-state index in [1.807, 2.05) is 12.3 Å². The minimum absolute atomic E-state index is 0.0335. The van der Waals surface area contributed by atoms with Gasteiger partial charge in [0.25, 0.3) is 0 Å². The molecule has 0 saturated carbocycles. The molecule has 0 aromatic carbocycles. The highest BCUT2D eigenvalue weighted by Crippen LogP contribution is 2.29. The number of anilines is 1. The summed E-state index contributed by atoms with van der Waals surface area (Å²) in [6.07, 6.45) is 6.99. The Morgan fingerprint density at radius 3 is 2.92 bits per heavy atom. The Morgan fingerprint density at radius 1 is 1.32 bits per heavy atom. The van der Waals surface area contributed by atoms with Gasteiger partial charge in [0.15, 0.2) is 5.82 Å². The second-order valence-corrected chi connectivity index (χ2v) is 6.14. The van der Waals surface area contributed by atoms with E-state index >= 15 is 0 Å². The van der Waals surface area contributed by atoms with E-state index in [1.165, 1.54) is 0 Å². The Labute approximate surface area is 144 Å². The predicted molar refractivity (Wildman–Crippen MR) is 93.4 cm³/mol.